The number of carbonyl (C=O) groups excluding carboxylic acids is 4. The monoisotopic (exact) mass is 536 g/mol. The van der Waals surface area contributed by atoms with Gasteiger partial charge < -0.3 is 15.4 Å². The van der Waals surface area contributed by atoms with Gasteiger partial charge in [0.05, 0.1) is 17.1 Å². The summed E-state index contributed by atoms with van der Waals surface area (Å²) in [6.45, 7) is 5.14. The number of anilines is 4. The molecule has 4 amide bonds. The van der Waals surface area contributed by atoms with E-state index in [2.05, 4.69) is 16.0 Å². The molecule has 0 radical (unpaired) electrons. The minimum absolute atomic E-state index is 0.143. The van der Waals surface area contributed by atoms with Crippen LogP contribution < -0.4 is 20.9 Å². The van der Waals surface area contributed by atoms with Crippen LogP contribution in [0.4, 0.5) is 27.5 Å². The van der Waals surface area contributed by atoms with Gasteiger partial charge in [-0.1, -0.05) is 36.4 Å². The van der Waals surface area contributed by atoms with Gasteiger partial charge in [0.15, 0.2) is 0 Å². The standard InChI is InChI=1S/C31H28N4O5/c1-31(2,3)40-30(39)34-24-12-5-4-11-23(24)33-28(37)20-14-16-21(17-15-20)32-26(36)18-35-25-13-7-9-19-8-6-10-22(27(19)25)29(35)38/h4-17H,18H2,1-3H3,(H,32,36)(H,33,37)(H,34,39). The molecule has 1 aliphatic heterocycles. The Morgan fingerprint density at radius 2 is 1.43 bits per heavy atom. The van der Waals surface area contributed by atoms with Crippen molar-refractivity contribution in [1.82, 2.24) is 0 Å². The number of para-hydroxylation sites is 2. The molecule has 9 heteroatoms. The molecular weight excluding hydrogens is 508 g/mol. The summed E-state index contributed by atoms with van der Waals surface area (Å²) < 4.78 is 5.29. The quantitative estimate of drug-likeness (QED) is 0.278. The lowest BCUT2D eigenvalue weighted by Crippen LogP contribution is -2.35. The summed E-state index contributed by atoms with van der Waals surface area (Å²) >= 11 is 0. The van der Waals surface area contributed by atoms with E-state index in [0.29, 0.717) is 33.9 Å². The zero-order chi connectivity index (χ0) is 28.4. The molecule has 4 aromatic rings. The fourth-order valence-electron chi connectivity index (χ4n) is 4.49. The van der Waals surface area contributed by atoms with Crippen LogP contribution in [0.2, 0.25) is 0 Å². The predicted molar refractivity (Wildman–Crippen MR) is 155 cm³/mol. The number of rotatable bonds is 6. The molecule has 1 heterocycles. The molecule has 0 atom stereocenters. The van der Waals surface area contributed by atoms with E-state index in [9.17, 15) is 19.2 Å². The molecule has 1 aliphatic rings. The summed E-state index contributed by atoms with van der Waals surface area (Å²) in [6, 6.07) is 24.3. The number of ether oxygens (including phenoxy) is 1. The second-order valence-corrected chi connectivity index (χ2v) is 10.3. The molecular formula is C31H28N4O5. The third-order valence-electron chi connectivity index (χ3n) is 6.19. The molecule has 0 unspecified atom stereocenters. The van der Waals surface area contributed by atoms with Gasteiger partial charge in [0.2, 0.25) is 5.91 Å². The molecule has 0 saturated heterocycles. The van der Waals surface area contributed by atoms with Crippen molar-refractivity contribution in [2.75, 3.05) is 27.4 Å². The van der Waals surface area contributed by atoms with E-state index in [4.69, 9.17) is 4.74 Å². The van der Waals surface area contributed by atoms with Crippen LogP contribution in [-0.2, 0) is 9.53 Å². The molecule has 9 nitrogen and oxygen atoms in total. The van der Waals surface area contributed by atoms with Gasteiger partial charge in [0.1, 0.15) is 12.1 Å². The Hall–Kier alpha value is -5.18. The fourth-order valence-corrected chi connectivity index (χ4v) is 4.49. The Bertz CT molecular complexity index is 1630. The van der Waals surface area contributed by atoms with Crippen molar-refractivity contribution in [3.63, 3.8) is 0 Å². The average molecular weight is 537 g/mol. The summed E-state index contributed by atoms with van der Waals surface area (Å²) in [6.07, 6.45) is -0.634. The normalized spacial score (nSPS) is 12.3. The van der Waals surface area contributed by atoms with Crippen molar-refractivity contribution in [3.05, 3.63) is 96.1 Å². The van der Waals surface area contributed by atoms with Gasteiger partial charge in [-0.3, -0.25) is 24.6 Å². The Labute approximate surface area is 231 Å². The SMILES string of the molecule is CC(C)(C)OC(=O)Nc1ccccc1NC(=O)c1ccc(NC(=O)CN2C(=O)c3cccc4cccc2c34)cc1. The summed E-state index contributed by atoms with van der Waals surface area (Å²) in [5.41, 5.74) is 2.26. The van der Waals surface area contributed by atoms with E-state index >= 15 is 0 Å². The molecule has 0 spiro atoms. The lowest BCUT2D eigenvalue weighted by molar-refractivity contribution is -0.114. The van der Waals surface area contributed by atoms with Crippen LogP contribution in [-0.4, -0.2) is 36.0 Å². The van der Waals surface area contributed by atoms with E-state index in [0.717, 1.165) is 10.8 Å². The smallest absolute Gasteiger partial charge is 0.412 e. The van der Waals surface area contributed by atoms with Gasteiger partial charge in [0.25, 0.3) is 11.8 Å². The number of benzene rings is 4. The van der Waals surface area contributed by atoms with Gasteiger partial charge in [-0.15, -0.1) is 0 Å². The van der Waals surface area contributed by atoms with E-state index < -0.39 is 17.6 Å². The molecule has 0 fully saturated rings. The zero-order valence-corrected chi connectivity index (χ0v) is 22.3. The maximum Gasteiger partial charge on any atom is 0.412 e. The number of carbonyl (C=O) groups is 4. The summed E-state index contributed by atoms with van der Waals surface area (Å²) in [5.74, 6) is -0.974. The molecule has 0 aromatic heterocycles. The van der Waals surface area contributed by atoms with Crippen molar-refractivity contribution in [1.29, 1.82) is 0 Å². The summed E-state index contributed by atoms with van der Waals surface area (Å²) in [4.78, 5) is 52.3. The number of nitrogens with zero attached hydrogens (tertiary/aromatic N) is 1. The van der Waals surface area contributed by atoms with E-state index in [1.54, 1.807) is 75.4 Å². The Balaban J connectivity index is 1.21. The van der Waals surface area contributed by atoms with Crippen molar-refractivity contribution < 1.29 is 23.9 Å². The van der Waals surface area contributed by atoms with Crippen LogP contribution in [0.15, 0.2) is 84.9 Å². The maximum atomic E-state index is 13.0. The van der Waals surface area contributed by atoms with E-state index in [-0.39, 0.29) is 18.4 Å². The zero-order valence-electron chi connectivity index (χ0n) is 22.3. The van der Waals surface area contributed by atoms with E-state index in [1.165, 1.54) is 4.90 Å². The third kappa shape index (κ3) is 5.63. The largest absolute Gasteiger partial charge is 0.444 e. The highest BCUT2D eigenvalue weighted by atomic mass is 16.6. The van der Waals surface area contributed by atoms with Gasteiger partial charge in [-0.25, -0.2) is 4.79 Å². The van der Waals surface area contributed by atoms with Crippen LogP contribution in [0.3, 0.4) is 0 Å². The van der Waals surface area contributed by atoms with Crippen LogP contribution in [0.5, 0.6) is 0 Å². The summed E-state index contributed by atoms with van der Waals surface area (Å²) in [5, 5.41) is 10.0. The number of nitrogens with one attached hydrogen (secondary N) is 3. The first-order chi connectivity index (χ1) is 19.1. The lowest BCUT2D eigenvalue weighted by atomic mass is 10.1. The Kier molecular flexibility index (Phi) is 6.96. The van der Waals surface area contributed by atoms with Crippen molar-refractivity contribution in [3.8, 4) is 0 Å². The topological polar surface area (TPSA) is 117 Å². The second kappa shape index (κ2) is 10.5. The minimum atomic E-state index is -0.664. The van der Waals surface area contributed by atoms with Gasteiger partial charge in [0, 0.05) is 22.2 Å². The summed E-state index contributed by atoms with van der Waals surface area (Å²) in [7, 11) is 0. The van der Waals surface area contributed by atoms with Crippen LogP contribution in [0, 0.1) is 0 Å². The molecule has 40 heavy (non-hydrogen) atoms. The highest BCUT2D eigenvalue weighted by molar-refractivity contribution is 6.26. The number of hydrogen-bond acceptors (Lipinski definition) is 5. The van der Waals surface area contributed by atoms with Crippen molar-refractivity contribution >= 4 is 57.3 Å². The first-order valence-electron chi connectivity index (χ1n) is 12.7. The average Bonchev–Trinajstić information content (AvgIpc) is 3.17. The second-order valence-electron chi connectivity index (χ2n) is 10.3. The Morgan fingerprint density at radius 3 is 2.10 bits per heavy atom. The van der Waals surface area contributed by atoms with Crippen LogP contribution in [0.25, 0.3) is 10.8 Å². The van der Waals surface area contributed by atoms with Gasteiger partial charge in [-0.2, -0.15) is 0 Å². The molecule has 3 N–H and O–H groups in total. The number of amides is 4. The third-order valence-corrected chi connectivity index (χ3v) is 6.19. The molecule has 0 saturated carbocycles. The highest BCUT2D eigenvalue weighted by Gasteiger charge is 2.30. The minimum Gasteiger partial charge on any atom is -0.444 e. The molecule has 0 aliphatic carbocycles. The van der Waals surface area contributed by atoms with Crippen molar-refractivity contribution in [2.24, 2.45) is 0 Å². The Morgan fingerprint density at radius 1 is 0.775 bits per heavy atom. The van der Waals surface area contributed by atoms with Crippen LogP contribution >= 0.6 is 0 Å². The molecule has 0 bridgehead atoms. The number of hydrogen-bond donors (Lipinski definition) is 3. The first kappa shape index (κ1) is 26.4. The van der Waals surface area contributed by atoms with Crippen LogP contribution in [0.1, 0.15) is 41.5 Å². The van der Waals surface area contributed by atoms with Gasteiger partial charge in [-0.05, 0) is 74.7 Å². The molecule has 202 valence electrons. The lowest BCUT2D eigenvalue weighted by Gasteiger charge is -2.20. The molecule has 4 aromatic carbocycles. The highest BCUT2D eigenvalue weighted by Crippen LogP contribution is 2.37. The van der Waals surface area contributed by atoms with Crippen molar-refractivity contribution in [2.45, 2.75) is 26.4 Å². The van der Waals surface area contributed by atoms with Gasteiger partial charge >= 0.3 is 6.09 Å². The fraction of sp³-hybridized carbons (Fsp3) is 0.161. The first-order valence-corrected chi connectivity index (χ1v) is 12.7. The predicted octanol–water partition coefficient (Wildman–Crippen LogP) is 6.04. The molecule has 5 rings (SSSR count). The maximum absolute atomic E-state index is 13.0. The van der Waals surface area contributed by atoms with E-state index in [1.807, 2.05) is 30.3 Å².